The molecule has 0 aromatic heterocycles. The third-order valence-corrected chi connectivity index (χ3v) is 6.89. The van der Waals surface area contributed by atoms with E-state index < -0.39 is 5.91 Å². The normalized spacial score (nSPS) is 15.4. The molecule has 5 rings (SSSR count). The zero-order chi connectivity index (χ0) is 25.9. The van der Waals surface area contributed by atoms with Crippen molar-refractivity contribution in [3.8, 4) is 17.2 Å². The second-order valence-electron chi connectivity index (χ2n) is 8.34. The molecule has 2 heterocycles. The van der Waals surface area contributed by atoms with Gasteiger partial charge in [0.05, 0.1) is 11.4 Å². The average molecular weight is 537 g/mol. The molecule has 0 spiro atoms. The maximum absolute atomic E-state index is 12.9. The average Bonchev–Trinajstić information content (AvgIpc) is 3.44. The van der Waals surface area contributed by atoms with Gasteiger partial charge in [-0.3, -0.25) is 19.3 Å². The minimum absolute atomic E-state index is 0.0227. The fraction of sp³-hybridized carbons (Fsp3) is 0.148. The molecule has 188 valence electrons. The van der Waals surface area contributed by atoms with Crippen LogP contribution in [0.3, 0.4) is 0 Å². The van der Waals surface area contributed by atoms with Gasteiger partial charge < -0.3 is 19.5 Å². The third kappa shape index (κ3) is 5.73. The van der Waals surface area contributed by atoms with Crippen LogP contribution in [0.4, 0.5) is 10.5 Å². The van der Waals surface area contributed by atoms with Gasteiger partial charge in [-0.1, -0.05) is 41.4 Å². The second kappa shape index (κ2) is 10.6. The van der Waals surface area contributed by atoms with E-state index in [1.807, 2.05) is 31.2 Å². The number of hydrogen-bond donors (Lipinski definition) is 1. The van der Waals surface area contributed by atoms with Gasteiger partial charge in [-0.2, -0.15) is 0 Å². The second-order valence-corrected chi connectivity index (χ2v) is 9.74. The highest BCUT2D eigenvalue weighted by molar-refractivity contribution is 8.18. The number of anilines is 1. The van der Waals surface area contributed by atoms with Crippen molar-refractivity contribution in [1.82, 2.24) is 4.90 Å². The van der Waals surface area contributed by atoms with Crippen LogP contribution >= 0.6 is 23.4 Å². The van der Waals surface area contributed by atoms with Crippen LogP contribution in [0.5, 0.6) is 17.2 Å². The molecule has 37 heavy (non-hydrogen) atoms. The SMILES string of the molecule is Cc1ccc(NC(=O)COc2ccc(/C=C3/SC(=O)N(Cc4cc5c(cc4Cl)OCO5)C3=O)cc2)cc1. The van der Waals surface area contributed by atoms with E-state index in [4.69, 9.17) is 25.8 Å². The molecule has 0 atom stereocenters. The number of ether oxygens (including phenoxy) is 3. The Bertz CT molecular complexity index is 1410. The Morgan fingerprint density at radius 3 is 2.51 bits per heavy atom. The van der Waals surface area contributed by atoms with Gasteiger partial charge in [-0.15, -0.1) is 0 Å². The summed E-state index contributed by atoms with van der Waals surface area (Å²) in [6.45, 7) is 1.95. The van der Waals surface area contributed by atoms with Crippen molar-refractivity contribution in [1.29, 1.82) is 0 Å². The van der Waals surface area contributed by atoms with Crippen molar-refractivity contribution < 1.29 is 28.6 Å². The van der Waals surface area contributed by atoms with Crippen molar-refractivity contribution in [3.63, 3.8) is 0 Å². The molecule has 10 heteroatoms. The number of hydrogen-bond acceptors (Lipinski definition) is 7. The number of imide groups is 1. The molecule has 0 radical (unpaired) electrons. The van der Waals surface area contributed by atoms with E-state index in [2.05, 4.69) is 5.32 Å². The number of fused-ring (bicyclic) bond motifs is 1. The molecule has 1 fully saturated rings. The van der Waals surface area contributed by atoms with Gasteiger partial charge in [0, 0.05) is 16.8 Å². The standard InChI is InChI=1S/C27H21ClN2O6S/c1-16-2-6-19(7-3-16)29-25(31)14-34-20-8-4-17(5-9-20)10-24-26(32)30(27(33)37-24)13-18-11-22-23(12-21(18)28)36-15-35-22/h2-12H,13-15H2,1H3,(H,29,31)/b24-10+. The summed E-state index contributed by atoms with van der Waals surface area (Å²) >= 11 is 7.17. The first kappa shape index (κ1) is 24.7. The van der Waals surface area contributed by atoms with Crippen LogP contribution in [0, 0.1) is 6.92 Å². The van der Waals surface area contributed by atoms with Gasteiger partial charge in [0.1, 0.15) is 5.75 Å². The third-order valence-electron chi connectivity index (χ3n) is 5.63. The molecule has 1 saturated heterocycles. The molecule has 0 aliphatic carbocycles. The maximum atomic E-state index is 12.9. The minimum atomic E-state index is -0.406. The molecule has 0 unspecified atom stereocenters. The van der Waals surface area contributed by atoms with Gasteiger partial charge in [0.2, 0.25) is 6.79 Å². The van der Waals surface area contributed by atoms with Crippen LogP contribution in [0.1, 0.15) is 16.7 Å². The molecule has 3 aromatic rings. The molecular weight excluding hydrogens is 516 g/mol. The van der Waals surface area contributed by atoms with E-state index >= 15 is 0 Å². The number of halogens is 1. The number of carbonyl (C=O) groups is 3. The smallest absolute Gasteiger partial charge is 0.293 e. The van der Waals surface area contributed by atoms with E-state index in [0.717, 1.165) is 22.2 Å². The minimum Gasteiger partial charge on any atom is -0.484 e. The highest BCUT2D eigenvalue weighted by atomic mass is 35.5. The van der Waals surface area contributed by atoms with Crippen molar-refractivity contribution >= 4 is 52.2 Å². The van der Waals surface area contributed by atoms with Crippen molar-refractivity contribution in [2.45, 2.75) is 13.5 Å². The summed E-state index contributed by atoms with van der Waals surface area (Å²) in [6.07, 6.45) is 1.64. The number of nitrogens with zero attached hydrogens (tertiary/aromatic N) is 1. The van der Waals surface area contributed by atoms with E-state index in [1.165, 1.54) is 0 Å². The lowest BCUT2D eigenvalue weighted by Crippen LogP contribution is -2.27. The number of nitrogens with one attached hydrogen (secondary N) is 1. The molecule has 3 aromatic carbocycles. The Hall–Kier alpha value is -3.95. The van der Waals surface area contributed by atoms with Gasteiger partial charge in [-0.05, 0) is 66.2 Å². The fourth-order valence-corrected chi connectivity index (χ4v) is 4.73. The highest BCUT2D eigenvalue weighted by Gasteiger charge is 2.35. The largest absolute Gasteiger partial charge is 0.484 e. The summed E-state index contributed by atoms with van der Waals surface area (Å²) in [6, 6.07) is 17.7. The summed E-state index contributed by atoms with van der Waals surface area (Å²) in [5.41, 5.74) is 3.10. The number of thioether (sulfide) groups is 1. The topological polar surface area (TPSA) is 94.2 Å². The van der Waals surface area contributed by atoms with E-state index in [-0.39, 0.29) is 31.1 Å². The first-order valence-electron chi connectivity index (χ1n) is 11.3. The molecule has 0 bridgehead atoms. The fourth-order valence-electron chi connectivity index (χ4n) is 3.68. The lowest BCUT2D eigenvalue weighted by molar-refractivity contribution is -0.123. The maximum Gasteiger partial charge on any atom is 0.293 e. The molecular formula is C27H21ClN2O6S. The molecule has 2 aliphatic rings. The van der Waals surface area contributed by atoms with Crippen LogP contribution < -0.4 is 19.5 Å². The lowest BCUT2D eigenvalue weighted by Gasteiger charge is -2.14. The van der Waals surface area contributed by atoms with Gasteiger partial charge in [0.25, 0.3) is 17.1 Å². The number of carbonyl (C=O) groups excluding carboxylic acids is 3. The Labute approximate surface area is 222 Å². The summed E-state index contributed by atoms with van der Waals surface area (Å²) in [5, 5.41) is 2.77. The number of aryl methyl sites for hydroxylation is 1. The molecule has 2 aliphatic heterocycles. The van der Waals surface area contributed by atoms with Gasteiger partial charge in [-0.25, -0.2) is 0 Å². The van der Waals surface area contributed by atoms with Crippen LogP contribution in [0.2, 0.25) is 5.02 Å². The van der Waals surface area contributed by atoms with Crippen LogP contribution in [0.15, 0.2) is 65.6 Å². The number of amides is 3. The lowest BCUT2D eigenvalue weighted by atomic mass is 10.1. The predicted octanol–water partition coefficient (Wildman–Crippen LogP) is 5.63. The molecule has 1 N–H and O–H groups in total. The van der Waals surface area contributed by atoms with Crippen molar-refractivity contribution in [2.75, 3.05) is 18.7 Å². The summed E-state index contributed by atoms with van der Waals surface area (Å²) < 4.78 is 16.2. The predicted molar refractivity (Wildman–Crippen MR) is 141 cm³/mol. The van der Waals surface area contributed by atoms with Gasteiger partial charge in [0.15, 0.2) is 18.1 Å². The first-order valence-corrected chi connectivity index (χ1v) is 12.5. The number of rotatable bonds is 7. The Balaban J connectivity index is 1.19. The van der Waals surface area contributed by atoms with Crippen molar-refractivity contribution in [2.24, 2.45) is 0 Å². The van der Waals surface area contributed by atoms with E-state index in [0.29, 0.717) is 44.0 Å². The zero-order valence-corrected chi connectivity index (χ0v) is 21.2. The van der Waals surface area contributed by atoms with Crippen LogP contribution in [0.25, 0.3) is 6.08 Å². The highest BCUT2D eigenvalue weighted by Crippen LogP contribution is 2.39. The molecule has 3 amide bonds. The Kier molecular flexibility index (Phi) is 7.07. The first-order chi connectivity index (χ1) is 17.9. The Morgan fingerprint density at radius 1 is 1.08 bits per heavy atom. The summed E-state index contributed by atoms with van der Waals surface area (Å²) in [7, 11) is 0. The molecule has 0 saturated carbocycles. The van der Waals surface area contributed by atoms with Crippen LogP contribution in [-0.2, 0) is 16.1 Å². The molecule has 8 nitrogen and oxygen atoms in total. The van der Waals surface area contributed by atoms with Gasteiger partial charge >= 0.3 is 0 Å². The quantitative estimate of drug-likeness (QED) is 0.391. The Morgan fingerprint density at radius 2 is 1.78 bits per heavy atom. The summed E-state index contributed by atoms with van der Waals surface area (Å²) in [4.78, 5) is 39.1. The van der Waals surface area contributed by atoms with Crippen molar-refractivity contribution in [3.05, 3.63) is 87.3 Å². The monoisotopic (exact) mass is 536 g/mol. The number of benzene rings is 3. The summed E-state index contributed by atoms with van der Waals surface area (Å²) in [5.74, 6) is 0.877. The van der Waals surface area contributed by atoms with Crippen LogP contribution in [-0.4, -0.2) is 35.4 Å². The zero-order valence-electron chi connectivity index (χ0n) is 19.7. The van der Waals surface area contributed by atoms with E-state index in [1.54, 1.807) is 42.5 Å². The van der Waals surface area contributed by atoms with E-state index in [9.17, 15) is 14.4 Å².